The lowest BCUT2D eigenvalue weighted by atomic mass is 10.2. The molecule has 3 aromatic carbocycles. The summed E-state index contributed by atoms with van der Waals surface area (Å²) < 4.78 is 18.3. The van der Waals surface area contributed by atoms with Gasteiger partial charge in [-0.2, -0.15) is 0 Å². The van der Waals surface area contributed by atoms with Gasteiger partial charge in [0.05, 0.1) is 19.3 Å². The third kappa shape index (κ3) is 5.78. The van der Waals surface area contributed by atoms with Crippen LogP contribution in [0.25, 0.3) is 0 Å². The van der Waals surface area contributed by atoms with E-state index in [1.54, 1.807) is 12.0 Å². The summed E-state index contributed by atoms with van der Waals surface area (Å²) in [5, 5.41) is 2.65. The minimum Gasteiger partial charge on any atom is -0.497 e. The highest BCUT2D eigenvalue weighted by molar-refractivity contribution is 8.15. The van der Waals surface area contributed by atoms with Crippen molar-refractivity contribution >= 4 is 40.1 Å². The zero-order valence-corrected chi connectivity index (χ0v) is 18.7. The lowest BCUT2D eigenvalue weighted by Crippen LogP contribution is -2.33. The quantitative estimate of drug-likeness (QED) is 0.536. The molecule has 33 heavy (non-hydrogen) atoms. The Kier molecular flexibility index (Phi) is 7.04. The smallest absolute Gasteiger partial charge is 0.242 e. The van der Waals surface area contributed by atoms with Crippen molar-refractivity contribution in [1.29, 1.82) is 0 Å². The number of methoxy groups -OCH3 is 1. The predicted molar refractivity (Wildman–Crippen MR) is 128 cm³/mol. The maximum Gasteiger partial charge on any atom is 0.242 e. The minimum absolute atomic E-state index is 0.0200. The minimum atomic E-state index is -0.605. The number of aliphatic imine (C=N–C) groups is 1. The number of carbonyl (C=O) groups excluding carboxylic acids is 2. The normalized spacial score (nSPS) is 16.8. The number of anilines is 1. The van der Waals surface area contributed by atoms with E-state index in [1.165, 1.54) is 36.0 Å². The van der Waals surface area contributed by atoms with Crippen LogP contribution in [0.15, 0.2) is 83.9 Å². The van der Waals surface area contributed by atoms with E-state index in [0.29, 0.717) is 17.4 Å². The number of nitrogens with zero attached hydrogens (tertiary/aromatic N) is 2. The first-order chi connectivity index (χ1) is 16.0. The molecule has 0 radical (unpaired) electrons. The molecule has 0 unspecified atom stereocenters. The van der Waals surface area contributed by atoms with Gasteiger partial charge in [-0.25, -0.2) is 9.38 Å². The lowest BCUT2D eigenvalue weighted by molar-refractivity contribution is -0.128. The Labute approximate surface area is 195 Å². The van der Waals surface area contributed by atoms with Gasteiger partial charge >= 0.3 is 0 Å². The van der Waals surface area contributed by atoms with Crippen LogP contribution in [-0.2, 0) is 16.1 Å². The maximum atomic E-state index is 13.2. The zero-order chi connectivity index (χ0) is 23.2. The van der Waals surface area contributed by atoms with E-state index in [4.69, 9.17) is 4.74 Å². The zero-order valence-electron chi connectivity index (χ0n) is 17.9. The van der Waals surface area contributed by atoms with Gasteiger partial charge in [-0.15, -0.1) is 0 Å². The van der Waals surface area contributed by atoms with Gasteiger partial charge in [-0.1, -0.05) is 42.1 Å². The van der Waals surface area contributed by atoms with Gasteiger partial charge in [0.1, 0.15) is 16.8 Å². The Morgan fingerprint density at radius 1 is 1.06 bits per heavy atom. The largest absolute Gasteiger partial charge is 0.497 e. The van der Waals surface area contributed by atoms with Crippen molar-refractivity contribution in [2.45, 2.75) is 18.2 Å². The molecule has 0 aliphatic carbocycles. The van der Waals surface area contributed by atoms with Crippen LogP contribution < -0.4 is 10.1 Å². The molecule has 8 heteroatoms. The molecule has 0 aromatic heterocycles. The number of para-hydroxylation sites is 1. The number of benzene rings is 3. The van der Waals surface area contributed by atoms with Gasteiger partial charge in [0, 0.05) is 12.1 Å². The van der Waals surface area contributed by atoms with E-state index in [2.05, 4.69) is 10.3 Å². The molecule has 1 aliphatic heterocycles. The summed E-state index contributed by atoms with van der Waals surface area (Å²) in [6.45, 7) is 0.331. The Hall–Kier alpha value is -3.65. The molecule has 4 rings (SSSR count). The van der Waals surface area contributed by atoms with Gasteiger partial charge in [-0.05, 0) is 54.1 Å². The molecule has 1 N–H and O–H groups in total. The number of carbonyl (C=O) groups is 2. The van der Waals surface area contributed by atoms with E-state index in [-0.39, 0.29) is 24.1 Å². The molecule has 1 atom stereocenters. The van der Waals surface area contributed by atoms with Crippen molar-refractivity contribution in [2.75, 3.05) is 12.4 Å². The predicted octanol–water partition coefficient (Wildman–Crippen LogP) is 4.99. The number of rotatable bonds is 7. The summed E-state index contributed by atoms with van der Waals surface area (Å²) in [5.74, 6) is -0.155. The van der Waals surface area contributed by atoms with E-state index >= 15 is 0 Å². The second-order valence-electron chi connectivity index (χ2n) is 7.37. The fraction of sp³-hybridized carbons (Fsp3) is 0.160. The number of hydrogen-bond donors (Lipinski definition) is 1. The summed E-state index contributed by atoms with van der Waals surface area (Å²) in [5.41, 5.74) is 2.12. The molecule has 0 spiro atoms. The molecular weight excluding hydrogens is 441 g/mol. The van der Waals surface area contributed by atoms with Gasteiger partial charge in [0.25, 0.3) is 0 Å². The number of amidine groups is 1. The third-order valence-corrected chi connectivity index (χ3v) is 6.17. The van der Waals surface area contributed by atoms with Crippen LogP contribution in [0.3, 0.4) is 0 Å². The van der Waals surface area contributed by atoms with Crippen LogP contribution in [0.1, 0.15) is 12.0 Å². The average Bonchev–Trinajstić information content (AvgIpc) is 3.10. The summed E-state index contributed by atoms with van der Waals surface area (Å²) in [6.07, 6.45) is -0.0200. The van der Waals surface area contributed by atoms with E-state index in [9.17, 15) is 14.0 Å². The highest BCUT2D eigenvalue weighted by atomic mass is 32.2. The first-order valence-electron chi connectivity index (χ1n) is 10.3. The molecule has 6 nitrogen and oxygen atoms in total. The van der Waals surface area contributed by atoms with Crippen molar-refractivity contribution < 1.29 is 18.7 Å². The summed E-state index contributed by atoms with van der Waals surface area (Å²) in [7, 11) is 1.60. The highest BCUT2D eigenvalue weighted by Crippen LogP contribution is 2.33. The van der Waals surface area contributed by atoms with E-state index in [0.717, 1.165) is 17.0 Å². The Balaban J connectivity index is 1.52. The summed E-state index contributed by atoms with van der Waals surface area (Å²) in [4.78, 5) is 32.1. The van der Waals surface area contributed by atoms with Gasteiger partial charge < -0.3 is 10.1 Å². The van der Waals surface area contributed by atoms with Crippen LogP contribution >= 0.6 is 11.8 Å². The molecule has 3 aromatic rings. The first kappa shape index (κ1) is 22.5. The van der Waals surface area contributed by atoms with Crippen LogP contribution in [0.4, 0.5) is 15.8 Å². The fourth-order valence-electron chi connectivity index (χ4n) is 3.31. The van der Waals surface area contributed by atoms with Gasteiger partial charge in [-0.3, -0.25) is 14.5 Å². The maximum absolute atomic E-state index is 13.2. The number of amides is 2. The molecule has 168 valence electrons. The number of ether oxygens (including phenoxy) is 1. The van der Waals surface area contributed by atoms with Crippen LogP contribution in [-0.4, -0.2) is 34.2 Å². The van der Waals surface area contributed by atoms with Crippen molar-refractivity contribution in [3.8, 4) is 5.75 Å². The Morgan fingerprint density at radius 2 is 1.76 bits per heavy atom. The molecular formula is C25H22FN3O3S. The van der Waals surface area contributed by atoms with Crippen molar-refractivity contribution in [3.05, 3.63) is 90.2 Å². The van der Waals surface area contributed by atoms with Crippen molar-refractivity contribution in [1.82, 2.24) is 4.90 Å². The topological polar surface area (TPSA) is 71.0 Å². The number of halogens is 1. The molecule has 1 heterocycles. The number of hydrogen-bond acceptors (Lipinski definition) is 5. The summed E-state index contributed by atoms with van der Waals surface area (Å²) in [6, 6.07) is 22.3. The Bertz CT molecular complexity index is 1150. The second-order valence-corrected chi connectivity index (χ2v) is 8.54. The number of nitrogens with one attached hydrogen (secondary N) is 1. The van der Waals surface area contributed by atoms with Crippen LogP contribution in [0.2, 0.25) is 0 Å². The standard InChI is InChI=1S/C25H22FN3O3S/c1-32-21-13-7-17(8-14-21)16-29-24(31)22(33-25(29)28-19-5-3-2-4-6-19)15-23(30)27-20-11-9-18(26)10-12-20/h2-14,22H,15-16H2,1H3,(H,27,30)/t22-/m0/s1. The van der Waals surface area contributed by atoms with Crippen molar-refractivity contribution in [2.24, 2.45) is 4.99 Å². The van der Waals surface area contributed by atoms with Gasteiger partial charge in [0.15, 0.2) is 5.17 Å². The van der Waals surface area contributed by atoms with Crippen LogP contribution in [0, 0.1) is 5.82 Å². The first-order valence-corrected chi connectivity index (χ1v) is 11.2. The summed E-state index contributed by atoms with van der Waals surface area (Å²) >= 11 is 1.27. The molecule has 1 fully saturated rings. The molecule has 1 aliphatic rings. The average molecular weight is 464 g/mol. The molecule has 0 saturated carbocycles. The van der Waals surface area contributed by atoms with E-state index in [1.807, 2.05) is 54.6 Å². The molecule has 2 amide bonds. The van der Waals surface area contributed by atoms with Crippen molar-refractivity contribution in [3.63, 3.8) is 0 Å². The SMILES string of the molecule is COc1ccc(CN2C(=O)[C@H](CC(=O)Nc3ccc(F)cc3)SC2=Nc2ccccc2)cc1. The number of thioether (sulfide) groups is 1. The third-order valence-electron chi connectivity index (χ3n) is 5.00. The second kappa shape index (κ2) is 10.3. The van der Waals surface area contributed by atoms with Gasteiger partial charge in [0.2, 0.25) is 11.8 Å². The molecule has 0 bridgehead atoms. The molecule has 1 saturated heterocycles. The monoisotopic (exact) mass is 463 g/mol. The highest BCUT2D eigenvalue weighted by Gasteiger charge is 2.39. The van der Waals surface area contributed by atoms with Crippen LogP contribution in [0.5, 0.6) is 5.75 Å². The Morgan fingerprint density at radius 3 is 2.42 bits per heavy atom. The fourth-order valence-corrected chi connectivity index (χ4v) is 4.47. The van der Waals surface area contributed by atoms with E-state index < -0.39 is 5.25 Å². The lowest BCUT2D eigenvalue weighted by Gasteiger charge is -2.17.